The first kappa shape index (κ1) is 30.5. The lowest BCUT2D eigenvalue weighted by Crippen LogP contribution is -2.48. The van der Waals surface area contributed by atoms with E-state index in [2.05, 4.69) is 19.8 Å². The van der Waals surface area contributed by atoms with E-state index >= 15 is 0 Å². The maximum Gasteiger partial charge on any atom is 0.490 e. The summed E-state index contributed by atoms with van der Waals surface area (Å²) in [4.78, 5) is 31.6. The van der Waals surface area contributed by atoms with Crippen LogP contribution >= 0.6 is 0 Å². The quantitative estimate of drug-likeness (QED) is 0.552. The second-order valence-electron chi connectivity index (χ2n) is 9.17. The van der Waals surface area contributed by atoms with Crippen molar-refractivity contribution in [1.82, 2.24) is 14.9 Å². The summed E-state index contributed by atoms with van der Waals surface area (Å²) >= 11 is 0. The molecule has 1 aromatic rings. The number of anilines is 1. The minimum Gasteiger partial charge on any atom is -0.475 e. The van der Waals surface area contributed by atoms with Gasteiger partial charge >= 0.3 is 24.3 Å². The summed E-state index contributed by atoms with van der Waals surface area (Å²) < 4.78 is 69.0. The molecule has 4 rings (SSSR count). The second-order valence-corrected chi connectivity index (χ2v) is 9.17. The van der Waals surface area contributed by atoms with Crippen LogP contribution in [0, 0.1) is 11.3 Å². The first-order valence-electron chi connectivity index (χ1n) is 11.6. The molecule has 1 atom stereocenters. The molecule has 210 valence electrons. The van der Waals surface area contributed by atoms with Crippen LogP contribution in [-0.2, 0) is 14.3 Å². The third kappa shape index (κ3) is 10.3. The molecule has 0 bridgehead atoms. The van der Waals surface area contributed by atoms with Gasteiger partial charge in [-0.15, -0.1) is 0 Å². The zero-order valence-corrected chi connectivity index (χ0v) is 20.0. The molecule has 0 aliphatic carbocycles. The molecular formula is C22H30F6N4O5. The van der Waals surface area contributed by atoms with Gasteiger partial charge < -0.3 is 24.7 Å². The van der Waals surface area contributed by atoms with Gasteiger partial charge in [0.2, 0.25) is 5.95 Å². The standard InChI is InChI=1S/C18H28N4O.2C2HF3O2/c1-7-19-17(20-8-1)22-11-5-18(6-12-22)3-9-21(10-4-18)14-16-2-13-23-15-16;2*3-2(4,5)1(6)7/h1,7-8,16H,2-6,9-15H2;2*(H,6,7). The lowest BCUT2D eigenvalue weighted by Gasteiger charge is -2.47. The fourth-order valence-electron chi connectivity index (χ4n) is 4.44. The number of ether oxygens (including phenoxy) is 1. The molecule has 1 aromatic heterocycles. The number of hydrogen-bond acceptors (Lipinski definition) is 7. The number of carboxylic acid groups (broad SMARTS) is 2. The van der Waals surface area contributed by atoms with Gasteiger partial charge in [0.25, 0.3) is 0 Å². The normalized spacial score (nSPS) is 21.9. The fraction of sp³-hybridized carbons (Fsp3) is 0.727. The second kappa shape index (κ2) is 13.2. The monoisotopic (exact) mass is 544 g/mol. The minimum absolute atomic E-state index is 0.577. The van der Waals surface area contributed by atoms with Crippen molar-refractivity contribution in [3.63, 3.8) is 0 Å². The van der Waals surface area contributed by atoms with Gasteiger partial charge in [-0.1, -0.05) is 0 Å². The van der Waals surface area contributed by atoms with Crippen molar-refractivity contribution in [2.45, 2.75) is 44.5 Å². The highest BCUT2D eigenvalue weighted by Crippen LogP contribution is 2.41. The van der Waals surface area contributed by atoms with E-state index in [1.807, 2.05) is 18.5 Å². The molecule has 3 fully saturated rings. The number of carboxylic acids is 2. The zero-order chi connectivity index (χ0) is 27.7. The Bertz CT molecular complexity index is 823. The SMILES string of the molecule is O=C(O)C(F)(F)F.O=C(O)C(F)(F)F.c1cnc(N2CCC3(CCN(CC4CCOC4)CC3)CC2)nc1. The molecule has 15 heteroatoms. The first-order valence-corrected chi connectivity index (χ1v) is 11.6. The number of halogens is 6. The number of aliphatic carboxylic acids is 2. The molecule has 0 saturated carbocycles. The van der Waals surface area contributed by atoms with Gasteiger partial charge in [-0.3, -0.25) is 0 Å². The van der Waals surface area contributed by atoms with E-state index in [4.69, 9.17) is 24.5 Å². The lowest BCUT2D eigenvalue weighted by molar-refractivity contribution is -0.193. The third-order valence-electron chi connectivity index (χ3n) is 6.60. The molecule has 4 heterocycles. The Morgan fingerprint density at radius 2 is 1.38 bits per heavy atom. The van der Waals surface area contributed by atoms with Crippen molar-refractivity contribution in [3.05, 3.63) is 18.5 Å². The van der Waals surface area contributed by atoms with Gasteiger partial charge in [-0.25, -0.2) is 19.6 Å². The molecule has 1 unspecified atom stereocenters. The van der Waals surface area contributed by atoms with Crippen molar-refractivity contribution >= 4 is 17.9 Å². The van der Waals surface area contributed by atoms with E-state index in [0.29, 0.717) is 5.41 Å². The number of aromatic nitrogens is 2. The number of likely N-dealkylation sites (tertiary alicyclic amines) is 1. The summed E-state index contributed by atoms with van der Waals surface area (Å²) in [7, 11) is 0. The largest absolute Gasteiger partial charge is 0.490 e. The molecule has 3 saturated heterocycles. The summed E-state index contributed by atoms with van der Waals surface area (Å²) in [5.41, 5.74) is 0.577. The van der Waals surface area contributed by atoms with Crippen LogP contribution in [0.15, 0.2) is 18.5 Å². The van der Waals surface area contributed by atoms with Crippen LogP contribution in [0.2, 0.25) is 0 Å². The van der Waals surface area contributed by atoms with E-state index in [-0.39, 0.29) is 0 Å². The van der Waals surface area contributed by atoms with Crippen molar-refractivity contribution in [3.8, 4) is 0 Å². The highest BCUT2D eigenvalue weighted by molar-refractivity contribution is 5.73. The Morgan fingerprint density at radius 3 is 1.78 bits per heavy atom. The predicted molar refractivity (Wildman–Crippen MR) is 118 cm³/mol. The lowest BCUT2D eigenvalue weighted by atomic mass is 9.71. The van der Waals surface area contributed by atoms with Gasteiger partial charge in [0.15, 0.2) is 0 Å². The van der Waals surface area contributed by atoms with Gasteiger partial charge in [0.1, 0.15) is 0 Å². The molecule has 9 nitrogen and oxygen atoms in total. The maximum atomic E-state index is 10.6. The Balaban J connectivity index is 0.000000286. The summed E-state index contributed by atoms with van der Waals surface area (Å²) in [6, 6.07) is 1.89. The minimum atomic E-state index is -5.08. The van der Waals surface area contributed by atoms with E-state index in [0.717, 1.165) is 38.2 Å². The van der Waals surface area contributed by atoms with Gasteiger partial charge in [-0.2, -0.15) is 26.3 Å². The molecule has 1 spiro atoms. The molecule has 3 aliphatic heterocycles. The first-order chi connectivity index (χ1) is 17.2. The third-order valence-corrected chi connectivity index (χ3v) is 6.60. The summed E-state index contributed by atoms with van der Waals surface area (Å²) in [5.74, 6) is -3.83. The van der Waals surface area contributed by atoms with Crippen LogP contribution < -0.4 is 4.90 Å². The average Bonchev–Trinajstić information content (AvgIpc) is 3.35. The van der Waals surface area contributed by atoms with Crippen LogP contribution in [0.5, 0.6) is 0 Å². The summed E-state index contributed by atoms with van der Waals surface area (Å²) in [5, 5.41) is 14.2. The van der Waals surface area contributed by atoms with Gasteiger partial charge in [0, 0.05) is 38.6 Å². The fourth-order valence-corrected chi connectivity index (χ4v) is 4.44. The Hall–Kier alpha value is -2.68. The topological polar surface area (TPSA) is 116 Å². The van der Waals surface area contributed by atoms with E-state index in [1.54, 1.807) is 0 Å². The summed E-state index contributed by atoms with van der Waals surface area (Å²) in [6.45, 7) is 7.98. The maximum absolute atomic E-state index is 10.6. The van der Waals surface area contributed by atoms with Crippen LogP contribution in [0.4, 0.5) is 32.3 Å². The molecule has 0 aromatic carbocycles. The van der Waals surface area contributed by atoms with Gasteiger partial charge in [0.05, 0.1) is 6.61 Å². The van der Waals surface area contributed by atoms with Crippen molar-refractivity contribution in [2.24, 2.45) is 11.3 Å². The number of hydrogen-bond donors (Lipinski definition) is 2. The molecule has 0 radical (unpaired) electrons. The van der Waals surface area contributed by atoms with Crippen LogP contribution in [0.1, 0.15) is 32.1 Å². The number of carbonyl (C=O) groups is 2. The van der Waals surface area contributed by atoms with E-state index in [9.17, 15) is 26.3 Å². The van der Waals surface area contributed by atoms with E-state index < -0.39 is 24.3 Å². The van der Waals surface area contributed by atoms with Crippen LogP contribution in [0.25, 0.3) is 0 Å². The van der Waals surface area contributed by atoms with Crippen molar-refractivity contribution in [1.29, 1.82) is 0 Å². The number of rotatable bonds is 3. The van der Waals surface area contributed by atoms with Gasteiger partial charge in [-0.05, 0) is 62.6 Å². The average molecular weight is 544 g/mol. The zero-order valence-electron chi connectivity index (χ0n) is 20.0. The smallest absolute Gasteiger partial charge is 0.475 e. The molecule has 3 aliphatic rings. The Morgan fingerprint density at radius 1 is 0.919 bits per heavy atom. The highest BCUT2D eigenvalue weighted by atomic mass is 19.4. The molecule has 37 heavy (non-hydrogen) atoms. The molecule has 2 N–H and O–H groups in total. The van der Waals surface area contributed by atoms with Crippen molar-refractivity contribution in [2.75, 3.05) is 50.8 Å². The number of alkyl halides is 6. The number of nitrogens with zero attached hydrogens (tertiary/aromatic N) is 4. The van der Waals surface area contributed by atoms with Crippen molar-refractivity contribution < 1.29 is 50.9 Å². The van der Waals surface area contributed by atoms with E-state index in [1.165, 1.54) is 51.7 Å². The predicted octanol–water partition coefficient (Wildman–Crippen LogP) is 3.46. The Kier molecular flexibility index (Phi) is 10.9. The summed E-state index contributed by atoms with van der Waals surface area (Å²) in [6.07, 6.45) is 0.106. The molecule has 0 amide bonds. The molecular weight excluding hydrogens is 514 g/mol. The number of piperidine rings is 2. The highest BCUT2D eigenvalue weighted by Gasteiger charge is 2.39. The van der Waals surface area contributed by atoms with Crippen LogP contribution in [-0.4, -0.2) is 95.3 Å². The van der Waals surface area contributed by atoms with Crippen LogP contribution in [0.3, 0.4) is 0 Å². The Labute approximate surface area is 209 Å².